The number of aliphatic hydroxyl groups excluding tert-OH is 1. The van der Waals surface area contributed by atoms with E-state index in [0.717, 1.165) is 0 Å². The summed E-state index contributed by atoms with van der Waals surface area (Å²) in [5.74, 6) is -10.9. The molecule has 2 heterocycles. The fourth-order valence-electron chi connectivity index (χ4n) is 10.9. The minimum absolute atomic E-state index is 0.0101. The van der Waals surface area contributed by atoms with Crippen LogP contribution >= 0.6 is 0 Å². The van der Waals surface area contributed by atoms with Crippen molar-refractivity contribution in [1.29, 1.82) is 0 Å². The fraction of sp³-hybridized carbons (Fsp3) is 0.677. The van der Waals surface area contributed by atoms with E-state index in [9.17, 15) is 67.4 Å². The quantitative estimate of drug-likeness (QED) is 0.0168. The van der Waals surface area contributed by atoms with Gasteiger partial charge in [0.05, 0.1) is 13.0 Å². The summed E-state index contributed by atoms with van der Waals surface area (Å²) in [6.45, 7) is 13.4. The Kier molecular flexibility index (Phi) is 33.8. The number of likely N-dealkylation sites (tertiary alicyclic amines) is 2. The zero-order valence-electron chi connectivity index (χ0n) is 55.5. The fourth-order valence-corrected chi connectivity index (χ4v) is 10.9. The number of benzene rings is 1. The first-order valence-corrected chi connectivity index (χ1v) is 32.4. The van der Waals surface area contributed by atoms with Gasteiger partial charge in [-0.15, -0.1) is 0 Å². The van der Waals surface area contributed by atoms with Crippen molar-refractivity contribution >= 4 is 82.8 Å². The van der Waals surface area contributed by atoms with Gasteiger partial charge in [0.15, 0.2) is 5.96 Å². The van der Waals surface area contributed by atoms with E-state index in [0.29, 0.717) is 37.8 Å². The van der Waals surface area contributed by atoms with Gasteiger partial charge in [-0.05, 0) is 121 Å². The summed E-state index contributed by atoms with van der Waals surface area (Å²) in [6.07, 6.45) is 2.05. The van der Waals surface area contributed by atoms with Gasteiger partial charge in [-0.2, -0.15) is 0 Å². The molecule has 2 saturated heterocycles. The van der Waals surface area contributed by atoms with Crippen molar-refractivity contribution in [2.45, 2.75) is 218 Å². The lowest BCUT2D eigenvalue weighted by Gasteiger charge is -2.32. The van der Waals surface area contributed by atoms with Crippen LogP contribution in [0.5, 0.6) is 0 Å². The maximum absolute atomic E-state index is 14.6. The van der Waals surface area contributed by atoms with Gasteiger partial charge in [0.2, 0.25) is 76.8 Å². The van der Waals surface area contributed by atoms with Crippen molar-refractivity contribution in [2.75, 3.05) is 32.8 Å². The van der Waals surface area contributed by atoms with E-state index in [1.165, 1.54) is 23.6 Å². The van der Waals surface area contributed by atoms with Crippen LogP contribution in [-0.2, 0) is 68.7 Å². The third kappa shape index (κ3) is 26.8. The number of amides is 13. The number of nitrogens with two attached hydrogens (primary N) is 6. The number of carbonyl (C=O) groups excluding carboxylic acids is 13. The molecule has 12 atom stereocenters. The van der Waals surface area contributed by atoms with Crippen molar-refractivity contribution in [2.24, 2.45) is 57.1 Å². The minimum atomic E-state index is -1.68. The number of rotatable bonds is 40. The molecule has 13 amide bonds. The first-order valence-electron chi connectivity index (χ1n) is 32.4. The monoisotopic (exact) mass is 1320 g/mol. The first kappa shape index (κ1) is 79.7. The highest BCUT2D eigenvalue weighted by Crippen LogP contribution is 2.23. The summed E-state index contributed by atoms with van der Waals surface area (Å²) in [4.78, 5) is 184. The smallest absolute Gasteiger partial charge is 0.245 e. The lowest BCUT2D eigenvalue weighted by molar-refractivity contribution is -0.143. The van der Waals surface area contributed by atoms with Crippen LogP contribution in [0.2, 0.25) is 0 Å². The molecule has 0 aliphatic carbocycles. The number of carbonyl (C=O) groups is 13. The van der Waals surface area contributed by atoms with Gasteiger partial charge in [0, 0.05) is 26.1 Å². The molecule has 32 heteroatoms. The molecule has 0 unspecified atom stereocenters. The molecule has 1 aromatic carbocycles. The number of unbranched alkanes of at least 4 members (excludes halogenated alkanes) is 1. The molecule has 0 radical (unpaired) electrons. The molecule has 0 bridgehead atoms. The van der Waals surface area contributed by atoms with Crippen LogP contribution in [0.25, 0.3) is 0 Å². The van der Waals surface area contributed by atoms with Crippen molar-refractivity contribution in [3.05, 3.63) is 35.9 Å². The first-order chi connectivity index (χ1) is 44.3. The molecule has 0 saturated carbocycles. The number of hydrogen-bond acceptors (Lipinski definition) is 17. The normalized spacial score (nSPS) is 17.7. The van der Waals surface area contributed by atoms with Gasteiger partial charge in [-0.3, -0.25) is 67.3 Å². The highest BCUT2D eigenvalue weighted by atomic mass is 16.3. The van der Waals surface area contributed by atoms with Gasteiger partial charge in [0.25, 0.3) is 0 Å². The number of aliphatic hydroxyl groups is 1. The number of nitrogens with zero attached hydrogens (tertiary/aromatic N) is 3. The molecule has 22 N–H and O–H groups in total. The Labute approximate surface area is 549 Å². The molecule has 2 fully saturated rings. The van der Waals surface area contributed by atoms with Crippen molar-refractivity contribution in [3.63, 3.8) is 0 Å². The highest BCUT2D eigenvalue weighted by molar-refractivity contribution is 6.00. The number of primary amides is 2. The van der Waals surface area contributed by atoms with Gasteiger partial charge in [-0.25, -0.2) is 0 Å². The van der Waals surface area contributed by atoms with Crippen LogP contribution in [0.3, 0.4) is 0 Å². The molecule has 1 aromatic rings. The lowest BCUT2D eigenvalue weighted by atomic mass is 10.00. The number of aliphatic imine (C=N–C) groups is 1. The molecular formula is C62H104N18O14. The Morgan fingerprint density at radius 1 is 0.511 bits per heavy atom. The minimum Gasteiger partial charge on any atom is -0.394 e. The van der Waals surface area contributed by atoms with Crippen LogP contribution < -0.4 is 82.3 Å². The van der Waals surface area contributed by atoms with E-state index in [2.05, 4.69) is 52.8 Å². The van der Waals surface area contributed by atoms with E-state index in [4.69, 9.17) is 34.4 Å². The van der Waals surface area contributed by atoms with Crippen LogP contribution in [0.4, 0.5) is 0 Å². The molecule has 2 aliphatic rings. The van der Waals surface area contributed by atoms with Crippen LogP contribution in [0.1, 0.15) is 144 Å². The standard InChI is InChI=1S/C62H104N18O14/c1-33(2)27-43(76-53(86)39(64)32-81)56(89)73-41(19-12-13-23-63)60(93)79-25-15-21-47(79)58(91)71-36(7)51(84)70-37(8)52(85)75-45(31-49(65)82)57(90)78-46(29-35(5)6)61(94)80-26-16-22-48(80)59(92)77-44(28-34(3)4)55(88)72-40(20-14-24-69-62(67)68)54(87)74-42(50(66)83)30-38-17-10-9-11-18-38/h9-11,17-18,33-37,39-48,81H,12-16,19-32,63-64H2,1-8H3,(H2,65,82)(H2,66,83)(H,70,84)(H,71,91)(H,72,88)(H,73,89)(H,74,87)(H,75,85)(H,76,86)(H,77,92)(H,78,90)(H4,67,68,69)/t36-,37-,39-,40-,41-,42-,43-,44-,45-,46-,47-,48-/m0/s1. The largest absolute Gasteiger partial charge is 0.394 e. The summed E-state index contributed by atoms with van der Waals surface area (Å²) in [6, 6.07) is -6.23. The average molecular weight is 1330 g/mol. The molecule has 0 spiro atoms. The predicted molar refractivity (Wildman–Crippen MR) is 348 cm³/mol. The summed E-state index contributed by atoms with van der Waals surface area (Å²) in [5, 5.41) is 32.9. The Balaban J connectivity index is 1.75. The second-order valence-electron chi connectivity index (χ2n) is 25.4. The Hall–Kier alpha value is -8.52. The maximum atomic E-state index is 14.6. The molecular weight excluding hydrogens is 1220 g/mol. The molecule has 2 aliphatic heterocycles. The summed E-state index contributed by atoms with van der Waals surface area (Å²) in [7, 11) is 0. The van der Waals surface area contributed by atoms with Gasteiger partial charge in [0.1, 0.15) is 72.5 Å². The Morgan fingerprint density at radius 3 is 1.47 bits per heavy atom. The second kappa shape index (κ2) is 39.9. The van der Waals surface area contributed by atoms with E-state index >= 15 is 0 Å². The van der Waals surface area contributed by atoms with E-state index in [1.807, 2.05) is 27.7 Å². The van der Waals surface area contributed by atoms with Gasteiger partial charge in [-0.1, -0.05) is 71.9 Å². The van der Waals surface area contributed by atoms with E-state index in [-0.39, 0.29) is 101 Å². The average Bonchev–Trinajstić information content (AvgIpc) is 1.63. The molecule has 3 rings (SSSR count). The SMILES string of the molecule is CC(C)C[C@H](NC(=O)[C@@H](N)CO)C(=O)N[C@@H](CCCCN)C(=O)N1CCC[C@H]1C(=O)N[C@@H](C)C(=O)N[C@@H](C)C(=O)N[C@@H](CC(N)=O)C(=O)N[C@@H](CC(C)C)C(=O)N1CCC[C@H]1C(=O)N[C@@H](CC(C)C)C(=O)N[C@@H](CCCN=C(N)N)C(=O)N[C@@H](Cc1ccccc1)C(N)=O. The molecule has 0 aromatic heterocycles. The van der Waals surface area contributed by atoms with E-state index < -0.39 is 162 Å². The molecule has 94 heavy (non-hydrogen) atoms. The van der Waals surface area contributed by atoms with Crippen molar-refractivity contribution < 1.29 is 67.4 Å². The second-order valence-corrected chi connectivity index (χ2v) is 25.4. The van der Waals surface area contributed by atoms with Gasteiger partial charge >= 0.3 is 0 Å². The predicted octanol–water partition coefficient (Wildman–Crippen LogP) is -4.38. The summed E-state index contributed by atoms with van der Waals surface area (Å²) < 4.78 is 0. The number of nitrogens with one attached hydrogen (secondary N) is 9. The van der Waals surface area contributed by atoms with Crippen LogP contribution in [-0.4, -0.2) is 203 Å². The topological polar surface area (TPSA) is 525 Å². The molecule has 32 nitrogen and oxygen atoms in total. The zero-order chi connectivity index (χ0) is 70.5. The Bertz CT molecular complexity index is 2790. The van der Waals surface area contributed by atoms with E-state index in [1.54, 1.807) is 44.2 Å². The summed E-state index contributed by atoms with van der Waals surface area (Å²) >= 11 is 0. The van der Waals surface area contributed by atoms with Crippen LogP contribution in [0, 0.1) is 17.8 Å². The van der Waals surface area contributed by atoms with Crippen LogP contribution in [0.15, 0.2) is 35.3 Å². The number of hydrogen-bond donors (Lipinski definition) is 16. The Morgan fingerprint density at radius 2 is 0.947 bits per heavy atom. The zero-order valence-corrected chi connectivity index (χ0v) is 55.5. The third-order valence-electron chi connectivity index (χ3n) is 15.8. The van der Waals surface area contributed by atoms with Crippen molar-refractivity contribution in [1.82, 2.24) is 57.7 Å². The highest BCUT2D eigenvalue weighted by Gasteiger charge is 2.42. The van der Waals surface area contributed by atoms with Crippen molar-refractivity contribution in [3.8, 4) is 0 Å². The van der Waals surface area contributed by atoms with Gasteiger partial charge < -0.3 is 97.2 Å². The number of guanidine groups is 1. The molecule has 526 valence electrons. The lowest BCUT2D eigenvalue weighted by Crippen LogP contribution is -2.60. The summed E-state index contributed by atoms with van der Waals surface area (Å²) in [5.41, 5.74) is 34.4. The maximum Gasteiger partial charge on any atom is 0.245 e. The third-order valence-corrected chi connectivity index (χ3v) is 15.8.